The third kappa shape index (κ3) is 5.63. The molecule has 1 aromatic carbocycles. The molecule has 0 unspecified atom stereocenters. The van der Waals surface area contributed by atoms with Crippen LogP contribution in [0.1, 0.15) is 12.8 Å². The summed E-state index contributed by atoms with van der Waals surface area (Å²) in [6.45, 7) is 5.48. The molecule has 26 heavy (non-hydrogen) atoms. The molecule has 1 heterocycles. The summed E-state index contributed by atoms with van der Waals surface area (Å²) in [5.74, 6) is -0.0378. The second-order valence-corrected chi connectivity index (χ2v) is 8.08. The van der Waals surface area contributed by atoms with Crippen molar-refractivity contribution in [3.05, 3.63) is 28.3 Å². The average molecular weight is 386 g/mol. The fourth-order valence-electron chi connectivity index (χ4n) is 2.81. The standard InChI is InChI=1S/C16H26N4O5S/c1-18-9-11-19(12-10-18)8-4-3-7-17-26(23,24)16-6-5-14(20(21)22)13-15(16)25-2/h5-6,13,17H,3-4,7-12H2,1-2H3. The molecule has 1 aliphatic rings. The zero-order valence-corrected chi connectivity index (χ0v) is 16.0. The van der Waals surface area contributed by atoms with E-state index in [1.165, 1.54) is 13.2 Å². The molecule has 0 amide bonds. The van der Waals surface area contributed by atoms with Crippen molar-refractivity contribution in [1.82, 2.24) is 14.5 Å². The summed E-state index contributed by atoms with van der Waals surface area (Å²) in [5.41, 5.74) is -0.215. The second-order valence-electron chi connectivity index (χ2n) is 6.34. The van der Waals surface area contributed by atoms with Gasteiger partial charge in [0.25, 0.3) is 5.69 Å². The summed E-state index contributed by atoms with van der Waals surface area (Å²) in [4.78, 5) is 14.8. The van der Waals surface area contributed by atoms with Crippen molar-refractivity contribution in [2.24, 2.45) is 0 Å². The Hall–Kier alpha value is -1.75. The summed E-state index contributed by atoms with van der Waals surface area (Å²) < 4.78 is 32.4. The molecule has 0 aromatic heterocycles. The highest BCUT2D eigenvalue weighted by molar-refractivity contribution is 7.89. The lowest BCUT2D eigenvalue weighted by atomic mass is 10.2. The van der Waals surface area contributed by atoms with Gasteiger partial charge in [-0.05, 0) is 32.5 Å². The number of hydrogen-bond acceptors (Lipinski definition) is 7. The van der Waals surface area contributed by atoms with Crippen molar-refractivity contribution < 1.29 is 18.1 Å². The maximum Gasteiger partial charge on any atom is 0.273 e. The molecule has 1 aliphatic heterocycles. The zero-order valence-electron chi connectivity index (χ0n) is 15.2. The number of likely N-dealkylation sites (N-methyl/N-ethyl adjacent to an activating group) is 1. The molecule has 9 nitrogen and oxygen atoms in total. The first-order valence-electron chi connectivity index (χ1n) is 8.56. The lowest BCUT2D eigenvalue weighted by Gasteiger charge is -2.32. The third-order valence-electron chi connectivity index (χ3n) is 4.44. The van der Waals surface area contributed by atoms with Crippen LogP contribution in [0.25, 0.3) is 0 Å². The maximum atomic E-state index is 12.4. The molecule has 1 N–H and O–H groups in total. The summed E-state index contributed by atoms with van der Waals surface area (Å²) in [5, 5.41) is 10.8. The molecular weight excluding hydrogens is 360 g/mol. The fourth-order valence-corrected chi connectivity index (χ4v) is 4.03. The van der Waals surface area contributed by atoms with E-state index in [0.717, 1.165) is 57.7 Å². The van der Waals surface area contributed by atoms with Crippen molar-refractivity contribution in [2.75, 3.05) is 53.4 Å². The highest BCUT2D eigenvalue weighted by Crippen LogP contribution is 2.28. The largest absolute Gasteiger partial charge is 0.495 e. The molecule has 2 rings (SSSR count). The third-order valence-corrected chi connectivity index (χ3v) is 5.94. The topological polar surface area (TPSA) is 105 Å². The van der Waals surface area contributed by atoms with Crippen molar-refractivity contribution in [2.45, 2.75) is 17.7 Å². The van der Waals surface area contributed by atoms with Crippen LogP contribution in [0.3, 0.4) is 0 Å². The van der Waals surface area contributed by atoms with E-state index in [1.54, 1.807) is 0 Å². The molecular formula is C16H26N4O5S. The Morgan fingerprint density at radius 3 is 2.54 bits per heavy atom. The van der Waals surface area contributed by atoms with E-state index < -0.39 is 14.9 Å². The van der Waals surface area contributed by atoms with E-state index in [0.29, 0.717) is 6.54 Å². The number of piperazine rings is 1. The number of rotatable bonds is 9. The van der Waals surface area contributed by atoms with Gasteiger partial charge in [-0.25, -0.2) is 13.1 Å². The SMILES string of the molecule is COc1cc([N+](=O)[O-])ccc1S(=O)(=O)NCCCCN1CCN(C)CC1. The fraction of sp³-hybridized carbons (Fsp3) is 0.625. The Morgan fingerprint density at radius 2 is 1.92 bits per heavy atom. The Morgan fingerprint density at radius 1 is 1.23 bits per heavy atom. The molecule has 0 spiro atoms. The van der Waals surface area contributed by atoms with E-state index in [9.17, 15) is 18.5 Å². The minimum Gasteiger partial charge on any atom is -0.495 e. The van der Waals surface area contributed by atoms with Gasteiger partial charge in [0.1, 0.15) is 10.6 Å². The number of methoxy groups -OCH3 is 1. The normalized spacial score (nSPS) is 16.5. The first-order valence-corrected chi connectivity index (χ1v) is 10.0. The van der Waals surface area contributed by atoms with Crippen LogP contribution in [0.5, 0.6) is 5.75 Å². The quantitative estimate of drug-likeness (QED) is 0.382. The van der Waals surface area contributed by atoms with Crippen LogP contribution in [0.4, 0.5) is 5.69 Å². The molecule has 1 aromatic rings. The molecule has 1 saturated heterocycles. The van der Waals surface area contributed by atoms with E-state index in [4.69, 9.17) is 4.74 Å². The van der Waals surface area contributed by atoms with E-state index in [1.807, 2.05) is 0 Å². The number of nitro benzene ring substituents is 1. The predicted octanol–water partition coefficient (Wildman–Crippen LogP) is 0.909. The summed E-state index contributed by atoms with van der Waals surface area (Å²) >= 11 is 0. The number of nitrogens with one attached hydrogen (secondary N) is 1. The first-order chi connectivity index (χ1) is 12.3. The lowest BCUT2D eigenvalue weighted by Crippen LogP contribution is -2.44. The minimum atomic E-state index is -3.78. The van der Waals surface area contributed by atoms with Gasteiger partial charge in [0, 0.05) is 38.8 Å². The highest BCUT2D eigenvalue weighted by atomic mass is 32.2. The number of nitro groups is 1. The van der Waals surface area contributed by atoms with Gasteiger partial charge in [-0.2, -0.15) is 0 Å². The van der Waals surface area contributed by atoms with Gasteiger partial charge in [-0.3, -0.25) is 10.1 Å². The smallest absolute Gasteiger partial charge is 0.273 e. The van der Waals surface area contributed by atoms with Crippen molar-refractivity contribution in [3.63, 3.8) is 0 Å². The van der Waals surface area contributed by atoms with Crippen LogP contribution < -0.4 is 9.46 Å². The Balaban J connectivity index is 1.84. The van der Waals surface area contributed by atoms with Crippen molar-refractivity contribution in [3.8, 4) is 5.75 Å². The zero-order chi connectivity index (χ0) is 19.2. The number of hydrogen-bond donors (Lipinski definition) is 1. The average Bonchev–Trinajstić information content (AvgIpc) is 2.62. The number of ether oxygens (including phenoxy) is 1. The van der Waals surface area contributed by atoms with Gasteiger partial charge < -0.3 is 14.5 Å². The molecule has 146 valence electrons. The lowest BCUT2D eigenvalue weighted by molar-refractivity contribution is -0.385. The summed E-state index contributed by atoms with van der Waals surface area (Å²) in [6, 6.07) is 3.47. The number of unbranched alkanes of at least 4 members (excludes halogenated alkanes) is 1. The molecule has 0 atom stereocenters. The van der Waals surface area contributed by atoms with Crippen molar-refractivity contribution >= 4 is 15.7 Å². The van der Waals surface area contributed by atoms with Gasteiger partial charge in [-0.15, -0.1) is 0 Å². The highest BCUT2D eigenvalue weighted by Gasteiger charge is 2.22. The monoisotopic (exact) mass is 386 g/mol. The number of benzene rings is 1. The van der Waals surface area contributed by atoms with Gasteiger partial charge in [0.2, 0.25) is 10.0 Å². The Kier molecular flexibility index (Phi) is 7.33. The molecule has 0 aliphatic carbocycles. The van der Waals surface area contributed by atoms with Gasteiger partial charge in [0.15, 0.2) is 0 Å². The van der Waals surface area contributed by atoms with Crippen LogP contribution in [0.15, 0.2) is 23.1 Å². The van der Waals surface area contributed by atoms with Crippen LogP contribution in [0, 0.1) is 10.1 Å². The Bertz CT molecular complexity index is 717. The molecule has 0 saturated carbocycles. The van der Waals surface area contributed by atoms with E-state index in [-0.39, 0.29) is 16.3 Å². The van der Waals surface area contributed by atoms with Crippen LogP contribution in [-0.2, 0) is 10.0 Å². The van der Waals surface area contributed by atoms with Crippen LogP contribution in [-0.4, -0.2) is 76.6 Å². The number of non-ortho nitro benzene ring substituents is 1. The molecule has 0 bridgehead atoms. The molecule has 10 heteroatoms. The van der Waals surface area contributed by atoms with Crippen LogP contribution in [0.2, 0.25) is 0 Å². The van der Waals surface area contributed by atoms with E-state index >= 15 is 0 Å². The first kappa shape index (κ1) is 20.6. The summed E-state index contributed by atoms with van der Waals surface area (Å²) in [6.07, 6.45) is 1.63. The van der Waals surface area contributed by atoms with E-state index in [2.05, 4.69) is 21.6 Å². The number of sulfonamides is 1. The van der Waals surface area contributed by atoms with Gasteiger partial charge >= 0.3 is 0 Å². The maximum absolute atomic E-state index is 12.4. The molecule has 1 fully saturated rings. The molecule has 0 radical (unpaired) electrons. The van der Waals surface area contributed by atoms with Gasteiger partial charge in [-0.1, -0.05) is 0 Å². The second kappa shape index (κ2) is 9.26. The minimum absolute atomic E-state index is 0.0378. The van der Waals surface area contributed by atoms with Gasteiger partial charge in [0.05, 0.1) is 18.1 Å². The van der Waals surface area contributed by atoms with Crippen LogP contribution >= 0.6 is 0 Å². The Labute approximate surface area is 154 Å². The summed E-state index contributed by atoms with van der Waals surface area (Å²) in [7, 11) is -0.380. The number of nitrogens with zero attached hydrogens (tertiary/aromatic N) is 3. The predicted molar refractivity (Wildman–Crippen MR) is 98.0 cm³/mol. The van der Waals surface area contributed by atoms with Crippen molar-refractivity contribution in [1.29, 1.82) is 0 Å².